The van der Waals surface area contributed by atoms with Gasteiger partial charge in [-0.05, 0) is 57.0 Å². The Balaban J connectivity index is 1.67. The van der Waals surface area contributed by atoms with Crippen molar-refractivity contribution in [2.24, 2.45) is 0 Å². The summed E-state index contributed by atoms with van der Waals surface area (Å²) >= 11 is 0. The molecule has 0 bridgehead atoms. The molecule has 2 amide bonds. The summed E-state index contributed by atoms with van der Waals surface area (Å²) in [7, 11) is 2.13. The van der Waals surface area contributed by atoms with Crippen LogP contribution in [0.5, 0.6) is 0 Å². The maximum Gasteiger partial charge on any atom is 0.317 e. The van der Waals surface area contributed by atoms with Crippen molar-refractivity contribution in [1.29, 1.82) is 0 Å². The van der Waals surface area contributed by atoms with Gasteiger partial charge >= 0.3 is 6.03 Å². The number of aromatic nitrogens is 1. The molecule has 27 heavy (non-hydrogen) atoms. The lowest BCUT2D eigenvalue weighted by molar-refractivity contribution is 0.110. The first kappa shape index (κ1) is 18.0. The number of carbonyl (C=O) groups is 2. The van der Waals surface area contributed by atoms with Crippen molar-refractivity contribution in [2.75, 3.05) is 26.7 Å². The van der Waals surface area contributed by atoms with E-state index in [0.717, 1.165) is 42.3 Å². The molecule has 0 spiro atoms. The molecule has 0 saturated carbocycles. The van der Waals surface area contributed by atoms with Crippen LogP contribution in [-0.4, -0.2) is 65.9 Å². The smallest absolute Gasteiger partial charge is 0.317 e. The molecule has 1 fully saturated rings. The third-order valence-corrected chi connectivity index (χ3v) is 6.38. The summed E-state index contributed by atoms with van der Waals surface area (Å²) in [4.78, 5) is 31.8. The Morgan fingerprint density at radius 3 is 2.85 bits per heavy atom. The number of hydrogen-bond acceptors (Lipinski definition) is 3. The Labute approximate surface area is 159 Å². The molecular weight excluding hydrogens is 340 g/mol. The van der Waals surface area contributed by atoms with Crippen molar-refractivity contribution < 1.29 is 9.59 Å². The fourth-order valence-corrected chi connectivity index (χ4v) is 5.05. The van der Waals surface area contributed by atoms with E-state index in [4.69, 9.17) is 0 Å². The predicted octanol–water partition coefficient (Wildman–Crippen LogP) is 2.74. The van der Waals surface area contributed by atoms with Crippen LogP contribution >= 0.6 is 0 Å². The highest BCUT2D eigenvalue weighted by atomic mass is 16.2. The van der Waals surface area contributed by atoms with Crippen LogP contribution < -0.4 is 5.32 Å². The third kappa shape index (κ3) is 2.92. The average molecular weight is 368 g/mol. The molecule has 144 valence electrons. The number of urea groups is 1. The standard InChI is InChI=1S/C21H28N4O2/c1-4-25(5-2)21(27)23-15-9-16-18(24(3)11-15)8-14-10-22-17-7-6-13(12-26)19(16)20(14)17/h6-7,10,12,15-16,18,22H,4-5,8-9,11H2,1-3H3,(H,23,27)/t15-,16-,18+/m0/s1. The van der Waals surface area contributed by atoms with Crippen molar-refractivity contribution >= 4 is 23.2 Å². The molecular formula is C21H28N4O2. The summed E-state index contributed by atoms with van der Waals surface area (Å²) in [6.07, 6.45) is 4.91. The molecule has 2 aliphatic rings. The summed E-state index contributed by atoms with van der Waals surface area (Å²) in [5, 5.41) is 4.43. The number of carbonyl (C=O) groups excluding carboxylic acids is 2. The van der Waals surface area contributed by atoms with Crippen LogP contribution in [0, 0.1) is 0 Å². The van der Waals surface area contributed by atoms with Gasteiger partial charge in [-0.1, -0.05) is 0 Å². The summed E-state index contributed by atoms with van der Waals surface area (Å²) < 4.78 is 0. The van der Waals surface area contributed by atoms with Gasteiger partial charge < -0.3 is 20.1 Å². The van der Waals surface area contributed by atoms with E-state index in [1.807, 2.05) is 30.9 Å². The first-order valence-electron chi connectivity index (χ1n) is 9.91. The van der Waals surface area contributed by atoms with Gasteiger partial charge in [0.15, 0.2) is 0 Å². The van der Waals surface area contributed by atoms with Crippen LogP contribution in [0.4, 0.5) is 4.79 Å². The second-order valence-corrected chi connectivity index (χ2v) is 7.79. The second-order valence-electron chi connectivity index (χ2n) is 7.79. The van der Waals surface area contributed by atoms with E-state index in [0.29, 0.717) is 19.1 Å². The van der Waals surface area contributed by atoms with Gasteiger partial charge in [0, 0.05) is 60.3 Å². The van der Waals surface area contributed by atoms with Gasteiger partial charge in [0.25, 0.3) is 0 Å². The number of fused-ring (bicyclic) bond motifs is 2. The SMILES string of the molecule is CCN(CC)C(=O)N[C@H]1C[C@@H]2c3c(C=O)ccc4[nH]cc(c34)C[C@H]2N(C)C1. The quantitative estimate of drug-likeness (QED) is 0.816. The highest BCUT2D eigenvalue weighted by Gasteiger charge is 2.41. The minimum Gasteiger partial charge on any atom is -0.361 e. The number of H-pyrrole nitrogens is 1. The van der Waals surface area contributed by atoms with Gasteiger partial charge in [-0.2, -0.15) is 0 Å². The monoisotopic (exact) mass is 368 g/mol. The number of likely N-dealkylation sites (tertiary alicyclic amines) is 1. The average Bonchev–Trinajstić information content (AvgIpc) is 3.07. The van der Waals surface area contributed by atoms with Crippen LogP contribution in [0.15, 0.2) is 18.3 Å². The lowest BCUT2D eigenvalue weighted by Gasteiger charge is -2.46. The molecule has 0 radical (unpaired) electrons. The third-order valence-electron chi connectivity index (χ3n) is 6.38. The summed E-state index contributed by atoms with van der Waals surface area (Å²) in [5.41, 5.74) is 4.33. The zero-order valence-electron chi connectivity index (χ0n) is 16.3. The van der Waals surface area contributed by atoms with Crippen molar-refractivity contribution in [3.8, 4) is 0 Å². The molecule has 0 unspecified atom stereocenters. The van der Waals surface area contributed by atoms with E-state index in [9.17, 15) is 9.59 Å². The minimum atomic E-state index is 0.00353. The lowest BCUT2D eigenvalue weighted by atomic mass is 9.72. The summed E-state index contributed by atoms with van der Waals surface area (Å²) in [6, 6.07) is 4.37. The van der Waals surface area contributed by atoms with Gasteiger partial charge in [-0.15, -0.1) is 0 Å². The highest BCUT2D eigenvalue weighted by molar-refractivity contribution is 5.95. The van der Waals surface area contributed by atoms with E-state index >= 15 is 0 Å². The van der Waals surface area contributed by atoms with E-state index in [1.165, 1.54) is 10.9 Å². The summed E-state index contributed by atoms with van der Waals surface area (Å²) in [6.45, 7) is 6.24. The van der Waals surface area contributed by atoms with Crippen LogP contribution in [-0.2, 0) is 6.42 Å². The number of piperidine rings is 1. The lowest BCUT2D eigenvalue weighted by Crippen LogP contribution is -2.56. The van der Waals surface area contributed by atoms with Crippen LogP contribution in [0.3, 0.4) is 0 Å². The topological polar surface area (TPSA) is 68.4 Å². The van der Waals surface area contributed by atoms with Gasteiger partial charge in [0.1, 0.15) is 6.29 Å². The van der Waals surface area contributed by atoms with E-state index < -0.39 is 0 Å². The molecule has 1 aliphatic heterocycles. The Morgan fingerprint density at radius 2 is 2.15 bits per heavy atom. The van der Waals surface area contributed by atoms with Crippen molar-refractivity contribution in [1.82, 2.24) is 20.1 Å². The molecule has 1 aliphatic carbocycles. The van der Waals surface area contributed by atoms with Gasteiger partial charge in [0.05, 0.1) is 0 Å². The number of aromatic amines is 1. The Morgan fingerprint density at radius 1 is 1.37 bits per heavy atom. The molecule has 1 saturated heterocycles. The number of hydrogen-bond donors (Lipinski definition) is 2. The number of rotatable bonds is 4. The fraction of sp³-hybridized carbons (Fsp3) is 0.524. The maximum atomic E-state index is 12.5. The molecule has 2 heterocycles. The van der Waals surface area contributed by atoms with Crippen LogP contribution in [0.2, 0.25) is 0 Å². The fourth-order valence-electron chi connectivity index (χ4n) is 5.05. The maximum absolute atomic E-state index is 12.5. The van der Waals surface area contributed by atoms with Crippen LogP contribution in [0.25, 0.3) is 10.9 Å². The molecule has 3 atom stereocenters. The molecule has 2 N–H and O–H groups in total. The Bertz CT molecular complexity index is 870. The van der Waals surface area contributed by atoms with Crippen LogP contribution in [0.1, 0.15) is 47.7 Å². The highest BCUT2D eigenvalue weighted by Crippen LogP contribution is 2.44. The van der Waals surface area contributed by atoms with E-state index in [2.05, 4.69) is 28.4 Å². The normalized spacial score (nSPS) is 24.5. The summed E-state index contributed by atoms with van der Waals surface area (Å²) in [5.74, 6) is 0.248. The zero-order chi connectivity index (χ0) is 19.1. The number of likely N-dealkylation sites (N-methyl/N-ethyl adjacent to an activating group) is 1. The van der Waals surface area contributed by atoms with E-state index in [1.54, 1.807) is 0 Å². The number of nitrogens with one attached hydrogen (secondary N) is 2. The largest absolute Gasteiger partial charge is 0.361 e. The molecule has 4 rings (SSSR count). The predicted molar refractivity (Wildman–Crippen MR) is 106 cm³/mol. The Hall–Kier alpha value is -2.34. The van der Waals surface area contributed by atoms with Crippen molar-refractivity contribution in [2.45, 2.75) is 44.7 Å². The minimum absolute atomic E-state index is 0.00353. The molecule has 1 aromatic carbocycles. The van der Waals surface area contributed by atoms with Gasteiger partial charge in [-0.3, -0.25) is 4.79 Å². The number of benzene rings is 1. The second kappa shape index (κ2) is 7.00. The van der Waals surface area contributed by atoms with Crippen molar-refractivity contribution in [3.05, 3.63) is 35.0 Å². The zero-order valence-corrected chi connectivity index (χ0v) is 16.3. The van der Waals surface area contributed by atoms with Gasteiger partial charge in [-0.25, -0.2) is 4.79 Å². The van der Waals surface area contributed by atoms with Gasteiger partial charge in [0.2, 0.25) is 0 Å². The van der Waals surface area contributed by atoms with E-state index in [-0.39, 0.29) is 18.0 Å². The van der Waals surface area contributed by atoms with Crippen molar-refractivity contribution in [3.63, 3.8) is 0 Å². The molecule has 2 aromatic rings. The number of amides is 2. The molecule has 6 heteroatoms. The Kier molecular flexibility index (Phi) is 4.68. The first-order valence-corrected chi connectivity index (χ1v) is 9.91. The molecule has 6 nitrogen and oxygen atoms in total. The first-order chi connectivity index (χ1) is 13.1. The molecule has 1 aromatic heterocycles. The number of nitrogens with zero attached hydrogens (tertiary/aromatic N) is 2. The number of aldehydes is 1.